The van der Waals surface area contributed by atoms with Crippen LogP contribution in [0.3, 0.4) is 0 Å². The van der Waals surface area contributed by atoms with Gasteiger partial charge < -0.3 is 15.4 Å². The molecule has 5 aliphatic rings. The smallest absolute Gasteiger partial charge is 0.238 e. The van der Waals surface area contributed by atoms with Crippen molar-refractivity contribution in [3.8, 4) is 6.07 Å². The quantitative estimate of drug-likeness (QED) is 0.693. The Morgan fingerprint density at radius 1 is 1.21 bits per heavy atom. The maximum atomic E-state index is 15.0. The maximum absolute atomic E-state index is 15.0. The van der Waals surface area contributed by atoms with Gasteiger partial charge in [-0.05, 0) is 73.0 Å². The summed E-state index contributed by atoms with van der Waals surface area (Å²) in [5.74, 6) is 1.81. The molecule has 1 aromatic carbocycles. The van der Waals surface area contributed by atoms with Crippen molar-refractivity contribution >= 4 is 5.91 Å². The molecule has 2 aliphatic carbocycles. The summed E-state index contributed by atoms with van der Waals surface area (Å²) in [7, 11) is 0. The highest BCUT2D eigenvalue weighted by molar-refractivity contribution is 5.83. The highest BCUT2D eigenvalue weighted by Gasteiger charge is 2.45. The summed E-state index contributed by atoms with van der Waals surface area (Å²) in [5, 5.41) is 15.8. The normalized spacial score (nSPS) is 36.4. The molecule has 3 saturated heterocycles. The summed E-state index contributed by atoms with van der Waals surface area (Å²) in [6.07, 6.45) is 5.69. The molecule has 6 nitrogen and oxygen atoms in total. The fourth-order valence-electron chi connectivity index (χ4n) is 7.08. The third kappa shape index (κ3) is 4.07. The first-order valence-electron chi connectivity index (χ1n) is 12.6. The largest absolute Gasteiger partial charge is 0.378 e. The molecule has 3 aliphatic heterocycles. The highest BCUT2D eigenvalue weighted by atomic mass is 19.1. The summed E-state index contributed by atoms with van der Waals surface area (Å²) in [6, 6.07) is 7.81. The van der Waals surface area contributed by atoms with E-state index in [4.69, 9.17) is 4.74 Å². The number of amides is 1. The molecular formula is C26H33FN4O2. The number of nitrogens with zero attached hydrogens (tertiary/aromatic N) is 2. The second-order valence-electron chi connectivity index (χ2n) is 11.0. The van der Waals surface area contributed by atoms with Crippen LogP contribution in [0.25, 0.3) is 0 Å². The standard InChI is InChI=1S/C26H33FN4O2/c27-24-9-15(18-5-19-11-31(12-20(19)6-18)23-13-33-14-23)1-2-16(24)7-22(10-28)30-26(32)25-17-3-4-21(8-17)29-25/h1-2,9,17-23,25,29H,3-8,11-14H2,(H,30,32)/t17-,18?,19?,20?,21+,22-,25-/m0/s1. The lowest BCUT2D eigenvalue weighted by Gasteiger charge is -2.35. The molecule has 0 spiro atoms. The van der Waals surface area contributed by atoms with Crippen LogP contribution >= 0.6 is 0 Å². The van der Waals surface area contributed by atoms with Crippen LogP contribution in [0.15, 0.2) is 18.2 Å². The molecule has 176 valence electrons. The molecule has 6 atom stereocenters. The molecule has 2 unspecified atom stereocenters. The molecule has 2 N–H and O–H groups in total. The first kappa shape index (κ1) is 21.5. The van der Waals surface area contributed by atoms with E-state index in [-0.39, 0.29) is 24.2 Å². The SMILES string of the molecule is N#C[C@H](Cc1ccc(C2CC3CN(C4COC4)CC3C2)cc1F)NC(=O)[C@H]1N[C@@H]2CC[C@H]1C2. The lowest BCUT2D eigenvalue weighted by molar-refractivity contribution is -0.124. The van der Waals surface area contributed by atoms with Crippen LogP contribution in [0.1, 0.15) is 49.1 Å². The van der Waals surface area contributed by atoms with Gasteiger partial charge in [0.05, 0.1) is 31.4 Å². The third-order valence-corrected chi connectivity index (χ3v) is 9.00. The van der Waals surface area contributed by atoms with Crippen molar-refractivity contribution in [3.63, 3.8) is 0 Å². The van der Waals surface area contributed by atoms with Gasteiger partial charge in [0.25, 0.3) is 0 Å². The number of hydrogen-bond donors (Lipinski definition) is 2. The zero-order valence-electron chi connectivity index (χ0n) is 19.0. The Bertz CT molecular complexity index is 946. The van der Waals surface area contributed by atoms with Crippen LogP contribution in [-0.2, 0) is 16.0 Å². The molecule has 33 heavy (non-hydrogen) atoms. The van der Waals surface area contributed by atoms with Crippen molar-refractivity contribution in [3.05, 3.63) is 35.1 Å². The fraction of sp³-hybridized carbons (Fsp3) is 0.692. The van der Waals surface area contributed by atoms with Crippen molar-refractivity contribution in [2.75, 3.05) is 26.3 Å². The lowest BCUT2D eigenvalue weighted by atomic mass is 9.93. The van der Waals surface area contributed by atoms with Crippen molar-refractivity contribution in [2.24, 2.45) is 17.8 Å². The van der Waals surface area contributed by atoms with Crippen LogP contribution in [0.5, 0.6) is 0 Å². The predicted molar refractivity (Wildman–Crippen MR) is 121 cm³/mol. The third-order valence-electron chi connectivity index (χ3n) is 9.00. The molecular weight excluding hydrogens is 419 g/mol. The van der Waals surface area contributed by atoms with E-state index in [1.54, 1.807) is 6.07 Å². The van der Waals surface area contributed by atoms with Crippen molar-refractivity contribution in [1.29, 1.82) is 5.26 Å². The van der Waals surface area contributed by atoms with Crippen LogP contribution < -0.4 is 10.6 Å². The molecule has 0 aromatic heterocycles. The number of halogens is 1. The minimum absolute atomic E-state index is 0.120. The number of rotatable bonds is 6. The van der Waals surface area contributed by atoms with Gasteiger partial charge >= 0.3 is 0 Å². The first-order chi connectivity index (χ1) is 16.1. The molecule has 1 amide bonds. The number of carbonyl (C=O) groups is 1. The van der Waals surface area contributed by atoms with Gasteiger partial charge in [0, 0.05) is 25.6 Å². The van der Waals surface area contributed by atoms with E-state index >= 15 is 4.39 Å². The predicted octanol–water partition coefficient (Wildman–Crippen LogP) is 2.34. The molecule has 7 heteroatoms. The molecule has 2 bridgehead atoms. The van der Waals surface area contributed by atoms with Gasteiger partial charge in [0.2, 0.25) is 5.91 Å². The Balaban J connectivity index is 1.05. The number of nitrogens with one attached hydrogen (secondary N) is 2. The Hall–Kier alpha value is -2.01. The van der Waals surface area contributed by atoms with E-state index in [0.29, 0.717) is 41.3 Å². The maximum Gasteiger partial charge on any atom is 0.238 e. The number of benzene rings is 1. The Labute approximate surface area is 194 Å². The number of nitriles is 1. The van der Waals surface area contributed by atoms with Crippen LogP contribution in [0.4, 0.5) is 4.39 Å². The molecule has 5 fully saturated rings. The molecule has 1 aromatic rings. The number of fused-ring (bicyclic) bond motifs is 3. The van der Waals surface area contributed by atoms with Gasteiger partial charge in [0.1, 0.15) is 11.9 Å². The molecule has 3 heterocycles. The summed E-state index contributed by atoms with van der Waals surface area (Å²) in [6.45, 7) is 4.05. The van der Waals surface area contributed by atoms with Gasteiger partial charge in [-0.2, -0.15) is 5.26 Å². The van der Waals surface area contributed by atoms with Gasteiger partial charge in [0.15, 0.2) is 0 Å². The zero-order chi connectivity index (χ0) is 22.5. The second kappa shape index (κ2) is 8.65. The zero-order valence-corrected chi connectivity index (χ0v) is 19.0. The Morgan fingerprint density at radius 3 is 2.58 bits per heavy atom. The molecule has 6 rings (SSSR count). The van der Waals surface area contributed by atoms with E-state index in [2.05, 4.69) is 21.6 Å². The molecule has 2 saturated carbocycles. The van der Waals surface area contributed by atoms with Gasteiger partial charge in [-0.15, -0.1) is 0 Å². The summed E-state index contributed by atoms with van der Waals surface area (Å²) in [5.41, 5.74) is 1.58. The van der Waals surface area contributed by atoms with E-state index < -0.39 is 6.04 Å². The highest BCUT2D eigenvalue weighted by Crippen LogP contribution is 2.47. The van der Waals surface area contributed by atoms with Crippen LogP contribution in [0.2, 0.25) is 0 Å². The number of likely N-dealkylation sites (tertiary alicyclic amines) is 1. The van der Waals surface area contributed by atoms with Crippen molar-refractivity contribution in [2.45, 2.75) is 68.6 Å². The van der Waals surface area contributed by atoms with Gasteiger partial charge in [-0.25, -0.2) is 4.39 Å². The lowest BCUT2D eigenvalue weighted by Crippen LogP contribution is -2.50. The van der Waals surface area contributed by atoms with E-state index in [0.717, 1.165) is 64.0 Å². The monoisotopic (exact) mass is 452 g/mol. The van der Waals surface area contributed by atoms with Crippen molar-refractivity contribution in [1.82, 2.24) is 15.5 Å². The summed E-state index contributed by atoms with van der Waals surface area (Å²) >= 11 is 0. The number of piperidine rings is 1. The second-order valence-corrected chi connectivity index (χ2v) is 11.0. The van der Waals surface area contributed by atoms with E-state index in [9.17, 15) is 10.1 Å². The van der Waals surface area contributed by atoms with Crippen LogP contribution in [0, 0.1) is 34.9 Å². The number of carbonyl (C=O) groups excluding carboxylic acids is 1. The first-order valence-corrected chi connectivity index (χ1v) is 12.6. The molecule has 0 radical (unpaired) electrons. The van der Waals surface area contributed by atoms with Crippen molar-refractivity contribution < 1.29 is 13.9 Å². The minimum Gasteiger partial charge on any atom is -0.378 e. The number of ether oxygens (including phenoxy) is 1. The van der Waals surface area contributed by atoms with Gasteiger partial charge in [-0.1, -0.05) is 12.1 Å². The Kier molecular flexibility index (Phi) is 5.64. The average molecular weight is 453 g/mol. The van der Waals surface area contributed by atoms with Gasteiger partial charge in [-0.3, -0.25) is 9.69 Å². The average Bonchev–Trinajstić information content (AvgIpc) is 3.53. The topological polar surface area (TPSA) is 77.4 Å². The van der Waals surface area contributed by atoms with Crippen LogP contribution in [-0.4, -0.2) is 61.3 Å². The van der Waals surface area contributed by atoms with E-state index in [1.807, 2.05) is 12.1 Å². The fourth-order valence-corrected chi connectivity index (χ4v) is 7.08. The summed E-state index contributed by atoms with van der Waals surface area (Å²) < 4.78 is 20.4. The minimum atomic E-state index is -0.717. The number of hydrogen-bond acceptors (Lipinski definition) is 5. The Morgan fingerprint density at radius 2 is 2.00 bits per heavy atom. The summed E-state index contributed by atoms with van der Waals surface area (Å²) in [4.78, 5) is 15.2. The van der Waals surface area contributed by atoms with E-state index in [1.165, 1.54) is 0 Å².